The van der Waals surface area contributed by atoms with Gasteiger partial charge in [0, 0.05) is 16.9 Å². The van der Waals surface area contributed by atoms with Crippen molar-refractivity contribution < 1.29 is 18.7 Å². The van der Waals surface area contributed by atoms with Gasteiger partial charge in [0.2, 0.25) is 5.76 Å². The predicted molar refractivity (Wildman–Crippen MR) is 108 cm³/mol. The number of aromatic carboxylic acids is 1. The molecule has 0 unspecified atom stereocenters. The normalized spacial score (nSPS) is 11.3. The molecule has 8 heteroatoms. The number of carboxylic acids is 1. The highest BCUT2D eigenvalue weighted by molar-refractivity contribution is 7.19. The van der Waals surface area contributed by atoms with Crippen molar-refractivity contribution in [1.29, 1.82) is 0 Å². The first-order valence-electron chi connectivity index (χ1n) is 8.99. The van der Waals surface area contributed by atoms with E-state index in [0.717, 1.165) is 16.0 Å². The Morgan fingerprint density at radius 3 is 2.59 bits per heavy atom. The monoisotopic (exact) mass is 412 g/mol. The van der Waals surface area contributed by atoms with Crippen LogP contribution in [0.15, 0.2) is 45.6 Å². The van der Waals surface area contributed by atoms with Gasteiger partial charge in [-0.25, -0.2) is 14.2 Å². The van der Waals surface area contributed by atoms with Gasteiger partial charge in [-0.2, -0.15) is 0 Å². The topological polar surface area (TPSA) is 85.3 Å². The molecular weight excluding hydrogens is 395 g/mol. The second kappa shape index (κ2) is 7.29. The standard InChI is InChI=1S/C21H17FN2O4S/c1-3-16-23-19-18(17(11(2)29-19)12-4-6-13(22)7-5-12)20(25)24(16)10-14-8-9-15(28-14)21(26)27/h4-9H,3,10H2,1-2H3,(H,26,27). The van der Waals surface area contributed by atoms with Crippen molar-refractivity contribution in [3.05, 3.63) is 74.8 Å². The van der Waals surface area contributed by atoms with Gasteiger partial charge in [0.15, 0.2) is 0 Å². The number of aryl methyl sites for hydroxylation is 2. The van der Waals surface area contributed by atoms with Gasteiger partial charge in [-0.15, -0.1) is 11.3 Å². The lowest BCUT2D eigenvalue weighted by atomic mass is 10.0. The molecule has 0 saturated carbocycles. The zero-order chi connectivity index (χ0) is 20.7. The lowest BCUT2D eigenvalue weighted by Crippen LogP contribution is -2.25. The lowest BCUT2D eigenvalue weighted by Gasteiger charge is -2.10. The number of thiophene rings is 1. The quantitative estimate of drug-likeness (QED) is 0.523. The molecule has 148 valence electrons. The summed E-state index contributed by atoms with van der Waals surface area (Å²) in [4.78, 5) is 30.7. The molecule has 0 spiro atoms. The molecule has 0 fully saturated rings. The van der Waals surface area contributed by atoms with Crippen molar-refractivity contribution in [2.45, 2.75) is 26.8 Å². The zero-order valence-corrected chi connectivity index (χ0v) is 16.5. The van der Waals surface area contributed by atoms with Crippen LogP contribution < -0.4 is 5.56 Å². The van der Waals surface area contributed by atoms with Gasteiger partial charge < -0.3 is 9.52 Å². The number of carbonyl (C=O) groups is 1. The zero-order valence-electron chi connectivity index (χ0n) is 15.7. The van der Waals surface area contributed by atoms with Crippen LogP contribution in [0.25, 0.3) is 21.3 Å². The first-order chi connectivity index (χ1) is 13.9. The van der Waals surface area contributed by atoms with Crippen LogP contribution in [0.5, 0.6) is 0 Å². The first kappa shape index (κ1) is 19.1. The van der Waals surface area contributed by atoms with Crippen molar-refractivity contribution >= 4 is 27.5 Å². The van der Waals surface area contributed by atoms with E-state index >= 15 is 0 Å². The number of carboxylic acid groups (broad SMARTS) is 1. The van der Waals surface area contributed by atoms with Crippen molar-refractivity contribution in [3.63, 3.8) is 0 Å². The maximum Gasteiger partial charge on any atom is 0.371 e. The molecule has 0 aliphatic heterocycles. The summed E-state index contributed by atoms with van der Waals surface area (Å²) in [7, 11) is 0. The van der Waals surface area contributed by atoms with E-state index in [4.69, 9.17) is 9.52 Å². The number of halogens is 1. The van der Waals surface area contributed by atoms with Gasteiger partial charge >= 0.3 is 5.97 Å². The minimum atomic E-state index is -1.17. The van der Waals surface area contributed by atoms with Crippen LogP contribution in [-0.4, -0.2) is 20.6 Å². The predicted octanol–water partition coefficient (Wildman–Crippen LogP) is 4.47. The number of nitrogens with zero attached hydrogens (tertiary/aromatic N) is 2. The Morgan fingerprint density at radius 1 is 1.24 bits per heavy atom. The van der Waals surface area contributed by atoms with Crippen molar-refractivity contribution in [3.8, 4) is 11.1 Å². The van der Waals surface area contributed by atoms with Gasteiger partial charge in [0.25, 0.3) is 5.56 Å². The van der Waals surface area contributed by atoms with Crippen LogP contribution in [-0.2, 0) is 13.0 Å². The highest BCUT2D eigenvalue weighted by Gasteiger charge is 2.20. The van der Waals surface area contributed by atoms with Crippen LogP contribution in [0.2, 0.25) is 0 Å². The molecule has 0 aliphatic rings. The third-order valence-electron chi connectivity index (χ3n) is 4.70. The minimum absolute atomic E-state index is 0.0793. The summed E-state index contributed by atoms with van der Waals surface area (Å²) >= 11 is 1.43. The van der Waals surface area contributed by atoms with Crippen LogP contribution in [0, 0.1) is 12.7 Å². The number of aromatic nitrogens is 2. The number of furan rings is 1. The Kier molecular flexibility index (Phi) is 4.79. The van der Waals surface area contributed by atoms with Crippen molar-refractivity contribution in [2.75, 3.05) is 0 Å². The summed E-state index contributed by atoms with van der Waals surface area (Å²) in [6.07, 6.45) is 0.528. The molecule has 0 amide bonds. The Bertz CT molecular complexity index is 1280. The second-order valence-corrected chi connectivity index (χ2v) is 7.77. The molecule has 3 aromatic heterocycles. The van der Waals surface area contributed by atoms with E-state index in [2.05, 4.69) is 4.98 Å². The van der Waals surface area contributed by atoms with E-state index in [-0.39, 0.29) is 23.7 Å². The largest absolute Gasteiger partial charge is 0.475 e. The number of fused-ring (bicyclic) bond motifs is 1. The summed E-state index contributed by atoms with van der Waals surface area (Å²) in [6.45, 7) is 3.89. The smallest absolute Gasteiger partial charge is 0.371 e. The van der Waals surface area contributed by atoms with Crippen LogP contribution in [0.3, 0.4) is 0 Å². The van der Waals surface area contributed by atoms with Crippen LogP contribution >= 0.6 is 11.3 Å². The lowest BCUT2D eigenvalue weighted by molar-refractivity contribution is 0.0660. The van der Waals surface area contributed by atoms with E-state index < -0.39 is 5.97 Å². The minimum Gasteiger partial charge on any atom is -0.475 e. The number of benzene rings is 1. The van der Waals surface area contributed by atoms with Gasteiger partial charge in [0.1, 0.15) is 22.2 Å². The number of hydrogen-bond acceptors (Lipinski definition) is 5. The molecule has 1 N–H and O–H groups in total. The maximum atomic E-state index is 13.4. The third kappa shape index (κ3) is 3.36. The summed E-state index contributed by atoms with van der Waals surface area (Å²) < 4.78 is 20.2. The molecule has 6 nitrogen and oxygen atoms in total. The van der Waals surface area contributed by atoms with Gasteiger partial charge in [-0.05, 0) is 36.8 Å². The molecular formula is C21H17FN2O4S. The number of rotatable bonds is 5. The summed E-state index contributed by atoms with van der Waals surface area (Å²) in [5, 5.41) is 9.52. The fourth-order valence-corrected chi connectivity index (χ4v) is 4.42. The van der Waals surface area contributed by atoms with Crippen molar-refractivity contribution in [1.82, 2.24) is 9.55 Å². The first-order valence-corrected chi connectivity index (χ1v) is 9.81. The summed E-state index contributed by atoms with van der Waals surface area (Å²) in [5.41, 5.74) is 1.25. The van der Waals surface area contributed by atoms with Gasteiger partial charge in [0.05, 0.1) is 11.9 Å². The average Bonchev–Trinajstić information content (AvgIpc) is 3.29. The van der Waals surface area contributed by atoms with E-state index in [1.165, 1.54) is 34.1 Å². The Balaban J connectivity index is 1.91. The maximum absolute atomic E-state index is 13.4. The molecule has 3 heterocycles. The average molecular weight is 412 g/mol. The van der Waals surface area contributed by atoms with Crippen LogP contribution in [0.4, 0.5) is 4.39 Å². The fourth-order valence-electron chi connectivity index (χ4n) is 3.37. The molecule has 1 aromatic carbocycles. The Hall–Kier alpha value is -3.26. The molecule has 0 radical (unpaired) electrons. The Morgan fingerprint density at radius 2 is 1.97 bits per heavy atom. The highest BCUT2D eigenvalue weighted by atomic mass is 32.1. The summed E-state index contributed by atoms with van der Waals surface area (Å²) in [6, 6.07) is 8.92. The molecule has 0 bridgehead atoms. The van der Waals surface area contributed by atoms with E-state index in [1.807, 2.05) is 13.8 Å². The molecule has 0 atom stereocenters. The molecule has 29 heavy (non-hydrogen) atoms. The van der Waals surface area contributed by atoms with E-state index in [9.17, 15) is 14.0 Å². The van der Waals surface area contributed by atoms with Gasteiger partial charge in [-0.3, -0.25) is 9.36 Å². The highest BCUT2D eigenvalue weighted by Crippen LogP contribution is 2.36. The molecule has 4 aromatic rings. The van der Waals surface area contributed by atoms with E-state index in [0.29, 0.717) is 28.2 Å². The van der Waals surface area contributed by atoms with Gasteiger partial charge in [-0.1, -0.05) is 19.1 Å². The van der Waals surface area contributed by atoms with Crippen LogP contribution in [0.1, 0.15) is 33.9 Å². The number of hydrogen-bond donors (Lipinski definition) is 1. The van der Waals surface area contributed by atoms with E-state index in [1.54, 1.807) is 18.2 Å². The Labute approximate surface area is 168 Å². The SMILES string of the molecule is CCc1nc2sc(C)c(-c3ccc(F)cc3)c2c(=O)n1Cc1ccc(C(=O)O)o1. The molecule has 4 rings (SSSR count). The third-order valence-corrected chi connectivity index (χ3v) is 5.70. The summed E-state index contributed by atoms with van der Waals surface area (Å²) in [5.74, 6) is -0.751. The molecule has 0 saturated heterocycles. The van der Waals surface area contributed by atoms with Crippen molar-refractivity contribution in [2.24, 2.45) is 0 Å². The fraction of sp³-hybridized carbons (Fsp3) is 0.190. The molecule has 0 aliphatic carbocycles. The second-order valence-electron chi connectivity index (χ2n) is 6.56.